The van der Waals surface area contributed by atoms with E-state index in [1.165, 1.54) is 19.4 Å². The smallest absolute Gasteiger partial charge is 0.377 e. The largest absolute Gasteiger partial charge is 0.433 e. The number of nitrogens with one attached hydrogen (secondary N) is 2. The van der Waals surface area contributed by atoms with Gasteiger partial charge in [-0.15, -0.1) is 0 Å². The number of fused-ring (bicyclic) bond motifs is 1. The molecule has 0 spiro atoms. The molecule has 0 aromatic carbocycles. The van der Waals surface area contributed by atoms with E-state index in [0.29, 0.717) is 11.3 Å². The summed E-state index contributed by atoms with van der Waals surface area (Å²) in [5.41, 5.74) is 1.71. The molecule has 2 amide bonds. The van der Waals surface area contributed by atoms with Gasteiger partial charge in [0.05, 0.1) is 23.5 Å². The molecule has 1 atom stereocenters. The number of anilines is 2. The van der Waals surface area contributed by atoms with Gasteiger partial charge < -0.3 is 15.4 Å². The lowest BCUT2D eigenvalue weighted by Crippen LogP contribution is -2.22. The van der Waals surface area contributed by atoms with Gasteiger partial charge in [-0.05, 0) is 37.6 Å². The molecule has 0 fully saturated rings. The van der Waals surface area contributed by atoms with E-state index in [9.17, 15) is 18.0 Å². The van der Waals surface area contributed by atoms with E-state index in [-0.39, 0.29) is 11.8 Å². The Hall–Kier alpha value is -3.14. The fourth-order valence-corrected chi connectivity index (χ4v) is 2.80. The molecule has 0 aliphatic rings. The van der Waals surface area contributed by atoms with Crippen molar-refractivity contribution in [1.82, 2.24) is 14.6 Å². The Labute approximate surface area is 158 Å². The molecule has 3 aromatic rings. The molecule has 3 heterocycles. The first-order chi connectivity index (χ1) is 13.2. The summed E-state index contributed by atoms with van der Waals surface area (Å²) < 4.78 is 45.4. The zero-order valence-electron chi connectivity index (χ0n) is 15.3. The van der Waals surface area contributed by atoms with E-state index >= 15 is 0 Å². The van der Waals surface area contributed by atoms with Crippen LogP contribution in [-0.2, 0) is 10.9 Å². The van der Waals surface area contributed by atoms with Crippen LogP contribution >= 0.6 is 0 Å². The van der Waals surface area contributed by atoms with E-state index in [4.69, 9.17) is 4.74 Å². The van der Waals surface area contributed by atoms with Crippen LogP contribution in [0.5, 0.6) is 0 Å². The lowest BCUT2D eigenvalue weighted by atomic mass is 10.1. The van der Waals surface area contributed by atoms with E-state index in [2.05, 4.69) is 20.7 Å². The molecule has 148 valence electrons. The predicted molar refractivity (Wildman–Crippen MR) is 97.2 cm³/mol. The summed E-state index contributed by atoms with van der Waals surface area (Å²) in [6, 6.07) is 3.22. The van der Waals surface area contributed by atoms with Crippen molar-refractivity contribution in [2.24, 2.45) is 0 Å². The van der Waals surface area contributed by atoms with E-state index in [1.807, 2.05) is 26.1 Å². The number of methoxy groups -OCH3 is 1. The summed E-state index contributed by atoms with van der Waals surface area (Å²) in [5, 5.41) is 9.25. The summed E-state index contributed by atoms with van der Waals surface area (Å²) in [4.78, 5) is 15.6. The topological polar surface area (TPSA) is 80.5 Å². The third kappa shape index (κ3) is 4.06. The lowest BCUT2D eigenvalue weighted by molar-refractivity contribution is -0.141. The van der Waals surface area contributed by atoms with Gasteiger partial charge in [-0.1, -0.05) is 0 Å². The quantitative estimate of drug-likeness (QED) is 0.688. The van der Waals surface area contributed by atoms with Crippen molar-refractivity contribution in [2.45, 2.75) is 26.1 Å². The normalized spacial score (nSPS) is 12.8. The Balaban J connectivity index is 1.87. The SMILES string of the molecule is CO[C@@H](C)c1c(NC(=O)Nc2ccnc(C(F)(F)F)c2)cnn2cc(C)cc12. The molecule has 28 heavy (non-hydrogen) atoms. The maximum Gasteiger partial charge on any atom is 0.433 e. The minimum atomic E-state index is -4.60. The number of pyridine rings is 1. The first kappa shape index (κ1) is 19.6. The monoisotopic (exact) mass is 393 g/mol. The second kappa shape index (κ2) is 7.47. The Morgan fingerprint density at radius 3 is 2.71 bits per heavy atom. The van der Waals surface area contributed by atoms with E-state index < -0.39 is 17.9 Å². The Morgan fingerprint density at radius 1 is 1.29 bits per heavy atom. The van der Waals surface area contributed by atoms with Crippen LogP contribution in [-0.4, -0.2) is 27.7 Å². The number of hydrogen-bond acceptors (Lipinski definition) is 4. The first-order valence-electron chi connectivity index (χ1n) is 8.31. The van der Waals surface area contributed by atoms with E-state index in [1.54, 1.807) is 4.52 Å². The predicted octanol–water partition coefficient (Wildman–Crippen LogP) is 4.41. The zero-order chi connectivity index (χ0) is 20.5. The van der Waals surface area contributed by atoms with Crippen molar-refractivity contribution in [1.29, 1.82) is 0 Å². The number of urea groups is 1. The molecular weight excluding hydrogens is 375 g/mol. The number of carbonyl (C=O) groups is 1. The maximum absolute atomic E-state index is 12.8. The number of nitrogens with zero attached hydrogens (tertiary/aromatic N) is 3. The molecule has 0 aliphatic heterocycles. The van der Waals surface area contributed by atoms with Crippen molar-refractivity contribution in [3.8, 4) is 0 Å². The highest BCUT2D eigenvalue weighted by Crippen LogP contribution is 2.31. The molecule has 7 nitrogen and oxygen atoms in total. The van der Waals surface area contributed by atoms with Gasteiger partial charge in [-0.2, -0.15) is 18.3 Å². The van der Waals surface area contributed by atoms with Gasteiger partial charge in [0.25, 0.3) is 0 Å². The lowest BCUT2D eigenvalue weighted by Gasteiger charge is -2.17. The van der Waals surface area contributed by atoms with Crippen molar-refractivity contribution in [3.05, 3.63) is 53.6 Å². The summed E-state index contributed by atoms with van der Waals surface area (Å²) in [7, 11) is 1.54. The molecule has 0 radical (unpaired) electrons. The average molecular weight is 393 g/mol. The van der Waals surface area contributed by atoms with Crippen molar-refractivity contribution in [3.63, 3.8) is 0 Å². The Morgan fingerprint density at radius 2 is 2.04 bits per heavy atom. The molecule has 3 rings (SSSR count). The third-order valence-corrected chi connectivity index (χ3v) is 4.13. The molecule has 0 saturated heterocycles. The van der Waals surface area contributed by atoms with Gasteiger partial charge in [-0.3, -0.25) is 4.98 Å². The number of rotatable bonds is 4. The van der Waals surface area contributed by atoms with Crippen LogP contribution in [0.1, 0.15) is 29.8 Å². The Bertz CT molecular complexity index is 1020. The molecule has 0 unspecified atom stereocenters. The summed E-state index contributed by atoms with van der Waals surface area (Å²) in [5.74, 6) is 0. The summed E-state index contributed by atoms with van der Waals surface area (Å²) in [6.45, 7) is 3.73. The molecule has 0 saturated carbocycles. The van der Waals surface area contributed by atoms with Crippen LogP contribution in [0.4, 0.5) is 29.3 Å². The number of halogens is 3. The highest BCUT2D eigenvalue weighted by Gasteiger charge is 2.32. The van der Waals surface area contributed by atoms with Gasteiger partial charge in [0, 0.05) is 30.8 Å². The molecule has 3 aromatic heterocycles. The van der Waals surface area contributed by atoms with Crippen LogP contribution in [0.15, 0.2) is 36.8 Å². The summed E-state index contributed by atoms with van der Waals surface area (Å²) in [6.07, 6.45) is -0.677. The number of hydrogen-bond donors (Lipinski definition) is 2. The number of alkyl halides is 3. The Kier molecular flexibility index (Phi) is 5.23. The standard InChI is InChI=1S/C18H18F3N5O2/c1-10-6-14-16(11(2)28-3)13(8-23-26(14)9-10)25-17(27)24-12-4-5-22-15(7-12)18(19,20)21/h4-9,11H,1-3H3,(H2,22,24,25,27)/t11-/m0/s1. The zero-order valence-corrected chi connectivity index (χ0v) is 15.3. The second-order valence-corrected chi connectivity index (χ2v) is 6.20. The molecule has 0 aliphatic carbocycles. The van der Waals surface area contributed by atoms with Crippen molar-refractivity contribution in [2.75, 3.05) is 17.7 Å². The fraction of sp³-hybridized carbons (Fsp3) is 0.278. The number of aryl methyl sites for hydroxylation is 1. The average Bonchev–Trinajstić information content (AvgIpc) is 3.00. The van der Waals surface area contributed by atoms with E-state index in [0.717, 1.165) is 23.3 Å². The number of amides is 2. The minimum Gasteiger partial charge on any atom is -0.377 e. The van der Waals surface area contributed by atoms with Gasteiger partial charge in [0.1, 0.15) is 5.69 Å². The maximum atomic E-state index is 12.8. The highest BCUT2D eigenvalue weighted by molar-refractivity contribution is 6.00. The number of ether oxygens (including phenoxy) is 1. The van der Waals surface area contributed by atoms with Crippen molar-refractivity contribution >= 4 is 22.9 Å². The van der Waals surface area contributed by atoms with Gasteiger partial charge in [-0.25, -0.2) is 9.31 Å². The van der Waals surface area contributed by atoms with Gasteiger partial charge >= 0.3 is 12.2 Å². The molecular formula is C18H18F3N5O2. The van der Waals surface area contributed by atoms with Crippen LogP contribution in [0, 0.1) is 6.92 Å². The first-order valence-corrected chi connectivity index (χ1v) is 8.31. The summed E-state index contributed by atoms with van der Waals surface area (Å²) >= 11 is 0. The fourth-order valence-electron chi connectivity index (χ4n) is 2.80. The van der Waals surface area contributed by atoms with Crippen LogP contribution in [0.2, 0.25) is 0 Å². The third-order valence-electron chi connectivity index (χ3n) is 4.13. The van der Waals surface area contributed by atoms with Crippen LogP contribution < -0.4 is 10.6 Å². The van der Waals surface area contributed by atoms with Crippen molar-refractivity contribution < 1.29 is 22.7 Å². The second-order valence-electron chi connectivity index (χ2n) is 6.20. The minimum absolute atomic E-state index is 0.0336. The van der Waals surface area contributed by atoms with Crippen LogP contribution in [0.3, 0.4) is 0 Å². The number of aromatic nitrogens is 3. The highest BCUT2D eigenvalue weighted by atomic mass is 19.4. The van der Waals surface area contributed by atoms with Crippen LogP contribution in [0.25, 0.3) is 5.52 Å². The molecule has 10 heteroatoms. The molecule has 0 bridgehead atoms. The van der Waals surface area contributed by atoms with Gasteiger partial charge in [0.2, 0.25) is 0 Å². The number of carbonyl (C=O) groups excluding carboxylic acids is 1. The van der Waals surface area contributed by atoms with Gasteiger partial charge in [0.15, 0.2) is 0 Å². The molecule has 2 N–H and O–H groups in total.